The third kappa shape index (κ3) is 3.01. The van der Waals surface area contributed by atoms with Gasteiger partial charge in [0, 0.05) is 11.6 Å². The van der Waals surface area contributed by atoms with Crippen LogP contribution in [0.4, 0.5) is 5.82 Å². The van der Waals surface area contributed by atoms with E-state index in [2.05, 4.69) is 4.98 Å². The Bertz CT molecular complexity index is 512. The number of ether oxygens (including phenoxy) is 3. The minimum Gasteiger partial charge on any atom is -0.440 e. The minimum atomic E-state index is -0.518. The van der Waals surface area contributed by atoms with Crippen LogP contribution < -0.4 is 4.74 Å². The molecule has 0 amide bonds. The highest BCUT2D eigenvalue weighted by Crippen LogP contribution is 2.28. The van der Waals surface area contributed by atoms with Gasteiger partial charge in [-0.1, -0.05) is 6.92 Å². The van der Waals surface area contributed by atoms with Gasteiger partial charge in [0.1, 0.15) is 18.4 Å². The van der Waals surface area contributed by atoms with Gasteiger partial charge in [-0.05, 0) is 30.6 Å². The lowest BCUT2D eigenvalue weighted by Crippen LogP contribution is -2.44. The fourth-order valence-corrected chi connectivity index (χ4v) is 2.71. The Balaban J connectivity index is 1.72. The average molecular weight is 297 g/mol. The van der Waals surface area contributed by atoms with Gasteiger partial charge in [0.25, 0.3) is 0 Å². The molecule has 2 aliphatic heterocycles. The highest BCUT2D eigenvalue weighted by molar-refractivity contribution is 5.22. The van der Waals surface area contributed by atoms with Crippen LogP contribution in [0.15, 0.2) is 6.20 Å². The maximum Gasteiger partial charge on any atom is 0.414 e. The molecule has 1 unspecified atom stereocenters. The Morgan fingerprint density at radius 2 is 2.43 bits per heavy atom. The van der Waals surface area contributed by atoms with Crippen molar-refractivity contribution in [3.05, 3.63) is 16.3 Å². The van der Waals surface area contributed by atoms with E-state index in [9.17, 15) is 10.1 Å². The summed E-state index contributed by atoms with van der Waals surface area (Å²) in [4.78, 5) is 14.2. The molecule has 2 aliphatic rings. The van der Waals surface area contributed by atoms with Gasteiger partial charge in [0.2, 0.25) is 0 Å². The van der Waals surface area contributed by atoms with Crippen molar-refractivity contribution in [2.75, 3.05) is 6.61 Å². The van der Waals surface area contributed by atoms with Gasteiger partial charge >= 0.3 is 11.8 Å². The minimum absolute atomic E-state index is 0.162. The predicted octanol–water partition coefficient (Wildman–Crippen LogP) is 1.87. The molecule has 8 nitrogen and oxygen atoms in total. The van der Waals surface area contributed by atoms with Crippen LogP contribution in [0.2, 0.25) is 0 Å². The van der Waals surface area contributed by atoms with E-state index in [1.54, 1.807) is 4.57 Å². The fourth-order valence-electron chi connectivity index (χ4n) is 2.71. The molecule has 0 N–H and O–H groups in total. The molecule has 1 saturated heterocycles. The maximum absolute atomic E-state index is 10.8. The van der Waals surface area contributed by atoms with E-state index in [-0.39, 0.29) is 30.3 Å². The molecule has 0 bridgehead atoms. The quantitative estimate of drug-likeness (QED) is 0.622. The summed E-state index contributed by atoms with van der Waals surface area (Å²) in [5, 5.41) is 10.8. The second-order valence-corrected chi connectivity index (χ2v) is 5.33. The van der Waals surface area contributed by atoms with E-state index in [0.29, 0.717) is 6.54 Å². The molecule has 0 radical (unpaired) electrons. The zero-order chi connectivity index (χ0) is 14.8. The highest BCUT2D eigenvalue weighted by atomic mass is 16.7. The topological polar surface area (TPSA) is 88.7 Å². The van der Waals surface area contributed by atoms with Gasteiger partial charge in [0.15, 0.2) is 6.29 Å². The number of imidazole rings is 1. The molecule has 3 rings (SSSR count). The van der Waals surface area contributed by atoms with E-state index >= 15 is 0 Å². The Morgan fingerprint density at radius 1 is 1.57 bits per heavy atom. The standard InChI is InChI=1S/C13H19N3O5/c1-2-9-10(20-12-5-3-4-6-19-12)7-15-8-11(16(17)18)14-13(15)21-9/h8-10,12H,2-7H2,1H3/t9-,10-,12?/m1/s1. The lowest BCUT2D eigenvalue weighted by molar-refractivity contribution is -0.389. The Kier molecular flexibility index (Phi) is 4.07. The zero-order valence-electron chi connectivity index (χ0n) is 11.9. The van der Waals surface area contributed by atoms with Crippen molar-refractivity contribution in [1.29, 1.82) is 0 Å². The van der Waals surface area contributed by atoms with E-state index in [0.717, 1.165) is 32.3 Å². The van der Waals surface area contributed by atoms with Crippen molar-refractivity contribution in [3.8, 4) is 6.01 Å². The molecule has 1 fully saturated rings. The molecule has 8 heteroatoms. The summed E-state index contributed by atoms with van der Waals surface area (Å²) in [5.41, 5.74) is 0. The van der Waals surface area contributed by atoms with E-state index in [1.807, 2.05) is 6.92 Å². The van der Waals surface area contributed by atoms with Gasteiger partial charge in [-0.3, -0.25) is 4.57 Å². The molecule has 21 heavy (non-hydrogen) atoms. The normalized spacial score (nSPS) is 28.7. The lowest BCUT2D eigenvalue weighted by Gasteiger charge is -2.34. The summed E-state index contributed by atoms with van der Waals surface area (Å²) >= 11 is 0. The zero-order valence-corrected chi connectivity index (χ0v) is 11.9. The van der Waals surface area contributed by atoms with Crippen LogP contribution >= 0.6 is 0 Å². The largest absolute Gasteiger partial charge is 0.440 e. The van der Waals surface area contributed by atoms with Crippen molar-refractivity contribution in [3.63, 3.8) is 0 Å². The van der Waals surface area contributed by atoms with Gasteiger partial charge < -0.3 is 24.3 Å². The molecular weight excluding hydrogens is 278 g/mol. The Hall–Kier alpha value is -1.67. The number of hydrogen-bond donors (Lipinski definition) is 0. The first-order chi connectivity index (χ1) is 10.2. The van der Waals surface area contributed by atoms with Crippen molar-refractivity contribution in [2.24, 2.45) is 0 Å². The third-order valence-corrected chi connectivity index (χ3v) is 3.83. The highest BCUT2D eigenvalue weighted by Gasteiger charge is 2.36. The van der Waals surface area contributed by atoms with Gasteiger partial charge in [0.05, 0.1) is 6.54 Å². The fraction of sp³-hybridized carbons (Fsp3) is 0.769. The summed E-state index contributed by atoms with van der Waals surface area (Å²) in [5.74, 6) is -0.200. The predicted molar refractivity (Wildman–Crippen MR) is 72.1 cm³/mol. The first-order valence-electron chi connectivity index (χ1n) is 7.32. The molecule has 116 valence electrons. The van der Waals surface area contributed by atoms with Crippen LogP contribution in [-0.2, 0) is 16.0 Å². The smallest absolute Gasteiger partial charge is 0.414 e. The van der Waals surface area contributed by atoms with E-state index in [4.69, 9.17) is 14.2 Å². The summed E-state index contributed by atoms with van der Waals surface area (Å²) < 4.78 is 19.0. The van der Waals surface area contributed by atoms with Crippen molar-refractivity contribution < 1.29 is 19.1 Å². The number of aromatic nitrogens is 2. The van der Waals surface area contributed by atoms with Crippen LogP contribution in [0.25, 0.3) is 0 Å². The van der Waals surface area contributed by atoms with Crippen LogP contribution in [0.3, 0.4) is 0 Å². The monoisotopic (exact) mass is 297 g/mol. The summed E-state index contributed by atoms with van der Waals surface area (Å²) in [6.45, 7) is 3.21. The molecule has 1 aromatic rings. The van der Waals surface area contributed by atoms with Crippen LogP contribution in [-0.4, -0.2) is 39.6 Å². The molecule has 0 aliphatic carbocycles. The first-order valence-corrected chi connectivity index (χ1v) is 7.32. The van der Waals surface area contributed by atoms with Crippen molar-refractivity contribution in [1.82, 2.24) is 9.55 Å². The number of rotatable bonds is 4. The number of nitro groups is 1. The van der Waals surface area contributed by atoms with E-state index < -0.39 is 4.92 Å². The summed E-state index contributed by atoms with van der Waals surface area (Å²) in [6.07, 6.45) is 4.62. The third-order valence-electron chi connectivity index (χ3n) is 3.83. The Labute approximate surface area is 122 Å². The molecule has 0 spiro atoms. The second kappa shape index (κ2) is 5.98. The molecule has 3 heterocycles. The lowest BCUT2D eigenvalue weighted by atomic mass is 10.1. The second-order valence-electron chi connectivity index (χ2n) is 5.33. The van der Waals surface area contributed by atoms with Crippen LogP contribution in [0.5, 0.6) is 6.01 Å². The first kappa shape index (κ1) is 14.3. The molecule has 1 aromatic heterocycles. The molecule has 3 atom stereocenters. The van der Waals surface area contributed by atoms with Gasteiger partial charge in [-0.2, -0.15) is 0 Å². The van der Waals surface area contributed by atoms with Crippen molar-refractivity contribution in [2.45, 2.75) is 57.6 Å². The summed E-state index contributed by atoms with van der Waals surface area (Å²) in [7, 11) is 0. The number of fused-ring (bicyclic) bond motifs is 1. The maximum atomic E-state index is 10.8. The number of hydrogen-bond acceptors (Lipinski definition) is 6. The SMILES string of the molecule is CC[C@H]1Oc2nc([N+](=O)[O-])cn2C[C@H]1OC1CCCCO1. The van der Waals surface area contributed by atoms with Gasteiger partial charge in [-0.15, -0.1) is 0 Å². The molecule has 0 aromatic carbocycles. The average Bonchev–Trinajstić information content (AvgIpc) is 2.90. The number of nitrogens with zero attached hydrogens (tertiary/aromatic N) is 3. The molecule has 0 saturated carbocycles. The Morgan fingerprint density at radius 3 is 3.10 bits per heavy atom. The van der Waals surface area contributed by atoms with Crippen molar-refractivity contribution >= 4 is 5.82 Å². The summed E-state index contributed by atoms with van der Waals surface area (Å²) in [6, 6.07) is 0.290. The van der Waals surface area contributed by atoms with Crippen LogP contribution in [0.1, 0.15) is 32.6 Å². The van der Waals surface area contributed by atoms with Crippen LogP contribution in [0, 0.1) is 10.1 Å². The molecular formula is C13H19N3O5. The van der Waals surface area contributed by atoms with Gasteiger partial charge in [-0.25, -0.2) is 0 Å². The van der Waals surface area contributed by atoms with E-state index in [1.165, 1.54) is 6.20 Å².